The molecular formula is C15H16FN3O. The summed E-state index contributed by atoms with van der Waals surface area (Å²) in [5.41, 5.74) is 2.79. The minimum absolute atomic E-state index is 0.359. The van der Waals surface area contributed by atoms with Crippen LogP contribution in [0.5, 0.6) is 5.75 Å². The number of anilines is 1. The van der Waals surface area contributed by atoms with Crippen molar-refractivity contribution in [1.29, 1.82) is 0 Å². The van der Waals surface area contributed by atoms with Gasteiger partial charge in [0.25, 0.3) is 0 Å². The Morgan fingerprint density at radius 1 is 1.30 bits per heavy atom. The van der Waals surface area contributed by atoms with E-state index in [0.29, 0.717) is 11.4 Å². The summed E-state index contributed by atoms with van der Waals surface area (Å²) in [7, 11) is 0. The first-order chi connectivity index (χ1) is 9.69. The number of aromatic hydroxyl groups is 1. The Morgan fingerprint density at radius 3 is 2.90 bits per heavy atom. The predicted octanol–water partition coefficient (Wildman–Crippen LogP) is 2.91. The van der Waals surface area contributed by atoms with Crippen LogP contribution >= 0.6 is 0 Å². The molecule has 0 atom stereocenters. The lowest BCUT2D eigenvalue weighted by atomic mass is 10.1. The van der Waals surface area contributed by atoms with Crippen LogP contribution in [0.25, 0.3) is 11.4 Å². The van der Waals surface area contributed by atoms with Gasteiger partial charge in [-0.25, -0.2) is 14.4 Å². The van der Waals surface area contributed by atoms with E-state index < -0.39 is 5.82 Å². The van der Waals surface area contributed by atoms with Crippen molar-refractivity contribution in [2.24, 2.45) is 0 Å². The normalized spacial score (nSPS) is 13.3. The molecule has 1 aromatic carbocycles. The van der Waals surface area contributed by atoms with Gasteiger partial charge in [0.2, 0.25) is 0 Å². The monoisotopic (exact) mass is 273 g/mol. The second-order valence-electron chi connectivity index (χ2n) is 4.87. The quantitative estimate of drug-likeness (QED) is 0.902. The Kier molecular flexibility index (Phi) is 3.26. The Hall–Kier alpha value is -2.17. The zero-order valence-corrected chi connectivity index (χ0v) is 11.3. The molecule has 20 heavy (non-hydrogen) atoms. The third-order valence-corrected chi connectivity index (χ3v) is 3.48. The van der Waals surface area contributed by atoms with E-state index in [0.717, 1.165) is 37.3 Å². The molecular weight excluding hydrogens is 257 g/mol. The molecule has 5 heteroatoms. The number of halogens is 1. The lowest BCUT2D eigenvalue weighted by molar-refractivity contribution is 0.432. The van der Waals surface area contributed by atoms with Gasteiger partial charge in [-0.3, -0.25) is 0 Å². The summed E-state index contributed by atoms with van der Waals surface area (Å²) in [6.07, 6.45) is 3.00. The van der Waals surface area contributed by atoms with Crippen LogP contribution in [0.3, 0.4) is 0 Å². The van der Waals surface area contributed by atoms with Gasteiger partial charge in [-0.15, -0.1) is 0 Å². The molecule has 1 aliphatic carbocycles. The van der Waals surface area contributed by atoms with Crippen molar-refractivity contribution in [3.63, 3.8) is 0 Å². The fourth-order valence-corrected chi connectivity index (χ4v) is 2.52. The zero-order valence-electron chi connectivity index (χ0n) is 11.3. The minimum Gasteiger partial charge on any atom is -0.505 e. The SMILES string of the molecule is CCNc1nc(-c2ccc(O)c(F)c2)nc2c1CCC2. The highest BCUT2D eigenvalue weighted by molar-refractivity contribution is 5.61. The number of hydrogen-bond donors (Lipinski definition) is 2. The second kappa shape index (κ2) is 5.07. The van der Waals surface area contributed by atoms with Crippen LogP contribution < -0.4 is 5.32 Å². The number of fused-ring (bicyclic) bond motifs is 1. The van der Waals surface area contributed by atoms with Gasteiger partial charge in [0, 0.05) is 23.4 Å². The highest BCUT2D eigenvalue weighted by atomic mass is 19.1. The summed E-state index contributed by atoms with van der Waals surface area (Å²) in [6, 6.07) is 4.22. The maximum absolute atomic E-state index is 13.5. The van der Waals surface area contributed by atoms with E-state index in [1.54, 1.807) is 6.07 Å². The molecule has 0 bridgehead atoms. The predicted molar refractivity (Wildman–Crippen MR) is 75.3 cm³/mol. The smallest absolute Gasteiger partial charge is 0.165 e. The largest absolute Gasteiger partial charge is 0.505 e. The molecule has 0 amide bonds. The average Bonchev–Trinajstić information content (AvgIpc) is 2.90. The van der Waals surface area contributed by atoms with Crippen LogP contribution in [0.1, 0.15) is 24.6 Å². The summed E-state index contributed by atoms with van der Waals surface area (Å²) in [6.45, 7) is 2.80. The van der Waals surface area contributed by atoms with E-state index in [4.69, 9.17) is 0 Å². The van der Waals surface area contributed by atoms with Crippen molar-refractivity contribution in [1.82, 2.24) is 9.97 Å². The first-order valence-corrected chi connectivity index (χ1v) is 6.81. The number of rotatable bonds is 3. The van der Waals surface area contributed by atoms with Crippen molar-refractivity contribution in [2.75, 3.05) is 11.9 Å². The third kappa shape index (κ3) is 2.19. The maximum Gasteiger partial charge on any atom is 0.165 e. The van der Waals surface area contributed by atoms with E-state index >= 15 is 0 Å². The molecule has 2 aromatic rings. The topological polar surface area (TPSA) is 58.0 Å². The third-order valence-electron chi connectivity index (χ3n) is 3.48. The molecule has 1 aliphatic rings. The standard InChI is InChI=1S/C15H16FN3O/c1-2-17-15-10-4-3-5-12(10)18-14(19-15)9-6-7-13(20)11(16)8-9/h6-8,20H,2-5H2,1H3,(H,17,18,19). The van der Waals surface area contributed by atoms with E-state index in [2.05, 4.69) is 15.3 Å². The van der Waals surface area contributed by atoms with Gasteiger partial charge in [0.1, 0.15) is 5.82 Å². The Bertz CT molecular complexity index is 658. The first kappa shape index (κ1) is 12.8. The minimum atomic E-state index is -0.656. The van der Waals surface area contributed by atoms with Crippen molar-refractivity contribution < 1.29 is 9.50 Å². The van der Waals surface area contributed by atoms with E-state index in [1.807, 2.05) is 6.92 Å². The summed E-state index contributed by atoms with van der Waals surface area (Å²) in [5, 5.41) is 12.5. The number of nitrogens with one attached hydrogen (secondary N) is 1. The summed E-state index contributed by atoms with van der Waals surface area (Å²) < 4.78 is 13.5. The zero-order chi connectivity index (χ0) is 14.1. The molecule has 1 aromatic heterocycles. The summed E-state index contributed by atoms with van der Waals surface area (Å²) >= 11 is 0. The molecule has 0 saturated carbocycles. The van der Waals surface area contributed by atoms with E-state index in [9.17, 15) is 9.50 Å². The fourth-order valence-electron chi connectivity index (χ4n) is 2.52. The molecule has 0 spiro atoms. The number of phenolic OH excluding ortho intramolecular Hbond substituents is 1. The molecule has 3 rings (SSSR count). The Morgan fingerprint density at radius 2 is 2.15 bits per heavy atom. The number of hydrogen-bond acceptors (Lipinski definition) is 4. The van der Waals surface area contributed by atoms with Crippen LogP contribution in [0, 0.1) is 5.82 Å². The van der Waals surface area contributed by atoms with Crippen LogP contribution in [-0.2, 0) is 12.8 Å². The average molecular weight is 273 g/mol. The first-order valence-electron chi connectivity index (χ1n) is 6.81. The Balaban J connectivity index is 2.09. The summed E-state index contributed by atoms with van der Waals surface area (Å²) in [5.74, 6) is 0.331. The van der Waals surface area contributed by atoms with Gasteiger partial charge in [0.05, 0.1) is 0 Å². The highest BCUT2D eigenvalue weighted by Crippen LogP contribution is 2.30. The summed E-state index contributed by atoms with van der Waals surface area (Å²) in [4.78, 5) is 9.04. The van der Waals surface area contributed by atoms with E-state index in [-0.39, 0.29) is 5.75 Å². The van der Waals surface area contributed by atoms with Gasteiger partial charge in [-0.2, -0.15) is 0 Å². The molecule has 0 aliphatic heterocycles. The van der Waals surface area contributed by atoms with Crippen LogP contribution in [-0.4, -0.2) is 21.6 Å². The number of nitrogens with zero attached hydrogens (tertiary/aromatic N) is 2. The van der Waals surface area contributed by atoms with Gasteiger partial charge in [-0.1, -0.05) is 0 Å². The van der Waals surface area contributed by atoms with E-state index in [1.165, 1.54) is 17.7 Å². The molecule has 4 nitrogen and oxygen atoms in total. The van der Waals surface area contributed by atoms with Crippen LogP contribution in [0.15, 0.2) is 18.2 Å². The van der Waals surface area contributed by atoms with Gasteiger partial charge in [0.15, 0.2) is 17.4 Å². The molecule has 2 N–H and O–H groups in total. The molecule has 0 fully saturated rings. The molecule has 0 unspecified atom stereocenters. The lowest BCUT2D eigenvalue weighted by Gasteiger charge is -2.11. The number of aromatic nitrogens is 2. The second-order valence-corrected chi connectivity index (χ2v) is 4.87. The van der Waals surface area contributed by atoms with Gasteiger partial charge < -0.3 is 10.4 Å². The number of benzene rings is 1. The molecule has 1 heterocycles. The maximum atomic E-state index is 13.5. The van der Waals surface area contributed by atoms with Crippen LogP contribution in [0.4, 0.5) is 10.2 Å². The molecule has 104 valence electrons. The number of aryl methyl sites for hydroxylation is 1. The van der Waals surface area contributed by atoms with Crippen molar-refractivity contribution >= 4 is 5.82 Å². The van der Waals surface area contributed by atoms with Gasteiger partial charge >= 0.3 is 0 Å². The molecule has 0 radical (unpaired) electrons. The highest BCUT2D eigenvalue weighted by Gasteiger charge is 2.19. The number of phenols is 1. The lowest BCUT2D eigenvalue weighted by Crippen LogP contribution is -2.06. The molecule has 0 saturated heterocycles. The van der Waals surface area contributed by atoms with Crippen molar-refractivity contribution in [3.8, 4) is 17.1 Å². The fraction of sp³-hybridized carbons (Fsp3) is 0.333. The Labute approximate surface area is 116 Å². The van der Waals surface area contributed by atoms with Crippen LogP contribution in [0.2, 0.25) is 0 Å². The van der Waals surface area contributed by atoms with Crippen molar-refractivity contribution in [2.45, 2.75) is 26.2 Å². The van der Waals surface area contributed by atoms with Gasteiger partial charge in [-0.05, 0) is 44.4 Å². The van der Waals surface area contributed by atoms with Crippen molar-refractivity contribution in [3.05, 3.63) is 35.3 Å².